The molecular formula is C20H20F3N5O3S. The Morgan fingerprint density at radius 3 is 2.47 bits per heavy atom. The van der Waals surface area contributed by atoms with Gasteiger partial charge >= 0.3 is 6.18 Å². The number of fused-ring (bicyclic) bond motifs is 1. The highest BCUT2D eigenvalue weighted by molar-refractivity contribution is 7.84. The number of nitriles is 1. The van der Waals surface area contributed by atoms with Crippen LogP contribution in [0.3, 0.4) is 0 Å². The molecule has 1 unspecified atom stereocenters. The molecule has 0 aromatic carbocycles. The number of hydrogen-bond donors (Lipinski definition) is 0. The van der Waals surface area contributed by atoms with Gasteiger partial charge in [0, 0.05) is 25.9 Å². The van der Waals surface area contributed by atoms with Gasteiger partial charge in [-0.3, -0.25) is 9.00 Å². The second kappa shape index (κ2) is 8.05. The largest absolute Gasteiger partial charge is 0.471 e. The fraction of sp³-hybridized carbons (Fsp3) is 0.400. The maximum atomic E-state index is 13.5. The third-order valence-corrected chi connectivity index (χ3v) is 5.66. The van der Waals surface area contributed by atoms with Crippen LogP contribution in [-0.4, -0.2) is 35.2 Å². The van der Waals surface area contributed by atoms with Gasteiger partial charge in [0.25, 0.3) is 5.56 Å². The Morgan fingerprint density at radius 2 is 1.94 bits per heavy atom. The van der Waals surface area contributed by atoms with Gasteiger partial charge in [-0.15, -0.1) is 0 Å². The van der Waals surface area contributed by atoms with E-state index in [4.69, 9.17) is 10.00 Å². The van der Waals surface area contributed by atoms with Gasteiger partial charge in [-0.25, -0.2) is 9.97 Å². The molecule has 0 saturated heterocycles. The lowest BCUT2D eigenvalue weighted by Gasteiger charge is -2.18. The minimum absolute atomic E-state index is 0.0320. The number of rotatable bonds is 5. The first-order valence-corrected chi connectivity index (χ1v) is 11.0. The van der Waals surface area contributed by atoms with Crippen LogP contribution in [-0.2, 0) is 30.6 Å². The summed E-state index contributed by atoms with van der Waals surface area (Å²) in [4.78, 5) is 21.5. The topological polar surface area (TPSA) is 103 Å². The molecule has 0 fully saturated rings. The van der Waals surface area contributed by atoms with Gasteiger partial charge in [0.1, 0.15) is 28.7 Å². The quantitative estimate of drug-likeness (QED) is 0.571. The molecule has 0 saturated carbocycles. The van der Waals surface area contributed by atoms with Crippen LogP contribution in [0.1, 0.15) is 26.5 Å². The zero-order chi connectivity index (χ0) is 24.0. The van der Waals surface area contributed by atoms with Gasteiger partial charge in [-0.05, 0) is 26.8 Å². The van der Waals surface area contributed by atoms with Crippen molar-refractivity contribution >= 4 is 21.8 Å². The number of aromatic nitrogens is 4. The van der Waals surface area contributed by atoms with E-state index in [1.165, 1.54) is 37.1 Å². The monoisotopic (exact) mass is 467 g/mol. The predicted molar refractivity (Wildman–Crippen MR) is 112 cm³/mol. The highest BCUT2D eigenvalue weighted by Crippen LogP contribution is 2.33. The second-order valence-corrected chi connectivity index (χ2v) is 8.85. The molecular weight excluding hydrogens is 447 g/mol. The predicted octanol–water partition coefficient (Wildman–Crippen LogP) is 3.25. The van der Waals surface area contributed by atoms with Crippen molar-refractivity contribution in [3.63, 3.8) is 0 Å². The van der Waals surface area contributed by atoms with E-state index in [9.17, 15) is 22.2 Å². The second-order valence-electron chi connectivity index (χ2n) is 7.50. The summed E-state index contributed by atoms with van der Waals surface area (Å²) in [6, 6.07) is 4.23. The van der Waals surface area contributed by atoms with Gasteiger partial charge in [-0.1, -0.05) is 0 Å². The first-order chi connectivity index (χ1) is 14.8. The molecule has 170 valence electrons. The molecule has 32 heavy (non-hydrogen) atoms. The Morgan fingerprint density at radius 1 is 1.28 bits per heavy atom. The summed E-state index contributed by atoms with van der Waals surface area (Å²) in [5.41, 5.74) is -3.15. The van der Waals surface area contributed by atoms with Crippen molar-refractivity contribution in [1.29, 1.82) is 5.26 Å². The van der Waals surface area contributed by atoms with Gasteiger partial charge in [0.2, 0.25) is 0 Å². The van der Waals surface area contributed by atoms with Crippen molar-refractivity contribution in [2.75, 3.05) is 6.26 Å². The van der Waals surface area contributed by atoms with Gasteiger partial charge in [0.05, 0.1) is 27.4 Å². The lowest BCUT2D eigenvalue weighted by molar-refractivity contribution is -0.144. The van der Waals surface area contributed by atoms with Crippen LogP contribution in [0.5, 0.6) is 5.75 Å². The zero-order valence-corrected chi connectivity index (χ0v) is 18.8. The zero-order valence-electron chi connectivity index (χ0n) is 17.9. The molecule has 0 amide bonds. The maximum Gasteiger partial charge on any atom is 0.431 e. The number of aryl methyl sites for hydroxylation is 1. The third-order valence-electron chi connectivity index (χ3n) is 4.73. The third kappa shape index (κ3) is 4.12. The molecule has 0 aliphatic carbocycles. The molecule has 0 spiro atoms. The highest BCUT2D eigenvalue weighted by Gasteiger charge is 2.36. The Hall–Kier alpha value is -3.20. The number of ether oxygens (including phenoxy) is 1. The maximum absolute atomic E-state index is 13.5. The summed E-state index contributed by atoms with van der Waals surface area (Å²) < 4.78 is 60.3. The van der Waals surface area contributed by atoms with E-state index in [0.29, 0.717) is 4.57 Å². The van der Waals surface area contributed by atoms with Crippen LogP contribution in [0.2, 0.25) is 0 Å². The average molecular weight is 467 g/mol. The van der Waals surface area contributed by atoms with Crippen molar-refractivity contribution in [2.45, 2.75) is 44.0 Å². The van der Waals surface area contributed by atoms with Crippen molar-refractivity contribution in [2.24, 2.45) is 7.05 Å². The van der Waals surface area contributed by atoms with Crippen LogP contribution in [0.15, 0.2) is 28.0 Å². The molecule has 12 heteroatoms. The van der Waals surface area contributed by atoms with Crippen molar-refractivity contribution in [3.8, 4) is 23.3 Å². The van der Waals surface area contributed by atoms with Crippen molar-refractivity contribution < 1.29 is 22.1 Å². The Kier molecular flexibility index (Phi) is 5.90. The summed E-state index contributed by atoms with van der Waals surface area (Å²) >= 11 is 0. The summed E-state index contributed by atoms with van der Waals surface area (Å²) in [5.74, 6) is 0.271. The standard InChI is InChI=1S/C20H20F3N5O3S/c1-6-28-14(20(21,22)23)8-12-16(18(28)29)27(4)17(26-12)15-13(32(5)30)7-11(9-25-15)31-19(2,3)10-24/h7-9H,6H2,1-5H3. The van der Waals surface area contributed by atoms with Gasteiger partial charge in [-0.2, -0.15) is 18.4 Å². The number of imidazole rings is 1. The van der Waals surface area contributed by atoms with Crippen LogP contribution in [0, 0.1) is 11.3 Å². The lowest BCUT2D eigenvalue weighted by atomic mass is 10.2. The molecule has 0 aliphatic heterocycles. The molecule has 0 aliphatic rings. The fourth-order valence-corrected chi connectivity index (χ4v) is 3.96. The van der Waals surface area contributed by atoms with E-state index in [0.717, 1.165) is 6.07 Å². The number of halogens is 3. The van der Waals surface area contributed by atoms with Gasteiger partial charge < -0.3 is 13.9 Å². The van der Waals surface area contributed by atoms with Crippen LogP contribution in [0.4, 0.5) is 13.2 Å². The first-order valence-electron chi connectivity index (χ1n) is 9.42. The summed E-state index contributed by atoms with van der Waals surface area (Å²) in [5, 5.41) is 9.15. The van der Waals surface area contributed by atoms with E-state index in [1.54, 1.807) is 13.8 Å². The van der Waals surface area contributed by atoms with E-state index in [-0.39, 0.29) is 39.7 Å². The average Bonchev–Trinajstić information content (AvgIpc) is 3.03. The Balaban J connectivity index is 2.27. The van der Waals surface area contributed by atoms with E-state index >= 15 is 0 Å². The molecule has 1 atom stereocenters. The summed E-state index contributed by atoms with van der Waals surface area (Å²) in [7, 11) is -0.105. The molecule has 0 bridgehead atoms. The molecule has 0 N–H and O–H groups in total. The van der Waals surface area contributed by atoms with Crippen molar-refractivity contribution in [3.05, 3.63) is 34.4 Å². The van der Waals surface area contributed by atoms with E-state index in [2.05, 4.69) is 9.97 Å². The van der Waals surface area contributed by atoms with Gasteiger partial charge in [0.15, 0.2) is 11.4 Å². The fourth-order valence-electron chi connectivity index (χ4n) is 3.27. The summed E-state index contributed by atoms with van der Waals surface area (Å²) in [6.07, 6.45) is -2.04. The summed E-state index contributed by atoms with van der Waals surface area (Å²) in [6.45, 7) is 4.37. The van der Waals surface area contributed by atoms with Crippen LogP contribution in [0.25, 0.3) is 22.6 Å². The SMILES string of the molecule is CCn1c(C(F)(F)F)cc2nc(-c3ncc(OC(C)(C)C#N)cc3S(C)=O)n(C)c2c1=O. The number of pyridine rings is 2. The minimum atomic E-state index is -4.73. The normalized spacial score (nSPS) is 13.2. The molecule has 8 nitrogen and oxygen atoms in total. The van der Waals surface area contributed by atoms with Crippen molar-refractivity contribution in [1.82, 2.24) is 19.1 Å². The molecule has 3 aromatic heterocycles. The number of nitrogens with zero attached hydrogens (tertiary/aromatic N) is 5. The Labute approximate surface area is 183 Å². The van der Waals surface area contributed by atoms with E-state index < -0.39 is 33.8 Å². The highest BCUT2D eigenvalue weighted by atomic mass is 32.2. The molecule has 3 rings (SSSR count). The lowest BCUT2D eigenvalue weighted by Crippen LogP contribution is -2.28. The van der Waals surface area contributed by atoms with Crippen LogP contribution >= 0.6 is 0 Å². The minimum Gasteiger partial charge on any atom is -0.471 e. The first kappa shape index (κ1) is 23.5. The number of alkyl halides is 3. The van der Waals surface area contributed by atoms with Crippen LogP contribution < -0.4 is 10.3 Å². The molecule has 0 radical (unpaired) electrons. The smallest absolute Gasteiger partial charge is 0.431 e. The Bertz CT molecular complexity index is 1340. The number of hydrogen-bond acceptors (Lipinski definition) is 6. The molecule has 3 aromatic rings. The molecule has 3 heterocycles. The van der Waals surface area contributed by atoms with E-state index in [1.807, 2.05) is 6.07 Å².